The Morgan fingerprint density at radius 2 is 2.04 bits per heavy atom. The van der Waals surface area contributed by atoms with Crippen LogP contribution < -0.4 is 5.32 Å². The molecule has 0 spiro atoms. The molecule has 138 valence electrons. The van der Waals surface area contributed by atoms with E-state index in [1.165, 1.54) is 15.6 Å². The first-order chi connectivity index (χ1) is 12.3. The SMILES string of the molecule is Cc1ccc(S(=O)(=O)N2CCc3nc(NC(=O)C4CC4)sc3C2)cc1C. The lowest BCUT2D eigenvalue weighted by atomic mass is 10.1. The summed E-state index contributed by atoms with van der Waals surface area (Å²) < 4.78 is 27.5. The minimum atomic E-state index is -3.54. The summed E-state index contributed by atoms with van der Waals surface area (Å²) in [5.41, 5.74) is 2.93. The molecule has 0 bridgehead atoms. The van der Waals surface area contributed by atoms with Gasteiger partial charge in [-0.25, -0.2) is 13.4 Å². The molecule has 1 aromatic carbocycles. The van der Waals surface area contributed by atoms with Gasteiger partial charge in [0, 0.05) is 23.8 Å². The summed E-state index contributed by atoms with van der Waals surface area (Å²) in [6, 6.07) is 5.24. The number of hydrogen-bond acceptors (Lipinski definition) is 5. The predicted octanol–water partition coefficient (Wildman–Crippen LogP) is 2.86. The van der Waals surface area contributed by atoms with Gasteiger partial charge in [-0.15, -0.1) is 11.3 Å². The molecule has 4 rings (SSSR count). The van der Waals surface area contributed by atoms with E-state index in [0.717, 1.165) is 34.5 Å². The first-order valence-electron chi connectivity index (χ1n) is 8.71. The van der Waals surface area contributed by atoms with Crippen LogP contribution in [0, 0.1) is 19.8 Å². The van der Waals surface area contributed by atoms with Crippen molar-refractivity contribution in [3.8, 4) is 0 Å². The van der Waals surface area contributed by atoms with E-state index >= 15 is 0 Å². The van der Waals surface area contributed by atoms with Crippen molar-refractivity contribution in [2.75, 3.05) is 11.9 Å². The number of aromatic nitrogens is 1. The second-order valence-electron chi connectivity index (χ2n) is 6.99. The van der Waals surface area contributed by atoms with E-state index in [1.54, 1.807) is 12.1 Å². The summed E-state index contributed by atoms with van der Waals surface area (Å²) in [5, 5.41) is 3.44. The number of anilines is 1. The molecule has 1 aromatic heterocycles. The van der Waals surface area contributed by atoms with Crippen molar-refractivity contribution in [3.63, 3.8) is 0 Å². The van der Waals surface area contributed by atoms with Gasteiger partial charge in [0.25, 0.3) is 0 Å². The second-order valence-corrected chi connectivity index (χ2v) is 10.0. The van der Waals surface area contributed by atoms with Crippen LogP contribution in [0.5, 0.6) is 0 Å². The standard InChI is InChI=1S/C18H21N3O3S2/c1-11-3-6-14(9-12(11)2)26(23,24)21-8-7-15-16(10-21)25-18(19-15)20-17(22)13-4-5-13/h3,6,9,13H,4-5,7-8,10H2,1-2H3,(H,19,20,22). The van der Waals surface area contributed by atoms with Crippen LogP contribution in [-0.4, -0.2) is 30.2 Å². The molecule has 1 aliphatic heterocycles. The Bertz CT molecular complexity index is 978. The molecule has 1 N–H and O–H groups in total. The van der Waals surface area contributed by atoms with E-state index in [9.17, 15) is 13.2 Å². The number of aryl methyl sites for hydroxylation is 2. The first kappa shape index (κ1) is 17.6. The lowest BCUT2D eigenvalue weighted by molar-refractivity contribution is -0.117. The fourth-order valence-corrected chi connectivity index (χ4v) is 5.61. The molecule has 1 amide bonds. The van der Waals surface area contributed by atoms with Gasteiger partial charge in [-0.3, -0.25) is 4.79 Å². The van der Waals surface area contributed by atoms with Gasteiger partial charge >= 0.3 is 0 Å². The number of sulfonamides is 1. The Labute approximate surface area is 157 Å². The van der Waals surface area contributed by atoms with Gasteiger partial charge in [0.2, 0.25) is 15.9 Å². The average molecular weight is 392 g/mol. The van der Waals surface area contributed by atoms with Gasteiger partial charge in [0.05, 0.1) is 17.1 Å². The number of amides is 1. The molecular formula is C18H21N3O3S2. The smallest absolute Gasteiger partial charge is 0.243 e. The summed E-state index contributed by atoms with van der Waals surface area (Å²) >= 11 is 1.38. The highest BCUT2D eigenvalue weighted by atomic mass is 32.2. The fraction of sp³-hybridized carbons (Fsp3) is 0.444. The maximum absolute atomic E-state index is 13.0. The van der Waals surface area contributed by atoms with E-state index in [2.05, 4.69) is 10.3 Å². The number of thiazole rings is 1. The van der Waals surface area contributed by atoms with Crippen LogP contribution in [0.15, 0.2) is 23.1 Å². The molecule has 1 saturated carbocycles. The maximum Gasteiger partial charge on any atom is 0.243 e. The lowest BCUT2D eigenvalue weighted by Gasteiger charge is -2.25. The maximum atomic E-state index is 13.0. The quantitative estimate of drug-likeness (QED) is 0.869. The van der Waals surface area contributed by atoms with Crippen LogP contribution in [0.2, 0.25) is 0 Å². The molecule has 2 heterocycles. The molecule has 1 aliphatic carbocycles. The summed E-state index contributed by atoms with van der Waals surface area (Å²) in [6.45, 7) is 4.60. The number of fused-ring (bicyclic) bond motifs is 1. The van der Waals surface area contributed by atoms with E-state index in [0.29, 0.717) is 29.5 Å². The van der Waals surface area contributed by atoms with Crippen LogP contribution >= 0.6 is 11.3 Å². The van der Waals surface area contributed by atoms with Gasteiger partial charge in [0.15, 0.2) is 5.13 Å². The number of carbonyl (C=O) groups excluding carboxylic acids is 1. The zero-order valence-electron chi connectivity index (χ0n) is 14.8. The van der Waals surface area contributed by atoms with Crippen molar-refractivity contribution in [3.05, 3.63) is 39.9 Å². The molecule has 0 saturated heterocycles. The topological polar surface area (TPSA) is 79.4 Å². The van der Waals surface area contributed by atoms with Gasteiger partial charge < -0.3 is 5.32 Å². The van der Waals surface area contributed by atoms with Crippen molar-refractivity contribution in [1.82, 2.24) is 9.29 Å². The van der Waals surface area contributed by atoms with Crippen molar-refractivity contribution < 1.29 is 13.2 Å². The van der Waals surface area contributed by atoms with Gasteiger partial charge in [-0.1, -0.05) is 6.07 Å². The van der Waals surface area contributed by atoms with Gasteiger partial charge in [-0.2, -0.15) is 4.31 Å². The van der Waals surface area contributed by atoms with Crippen LogP contribution in [0.4, 0.5) is 5.13 Å². The van der Waals surface area contributed by atoms with Crippen molar-refractivity contribution in [2.45, 2.75) is 44.6 Å². The minimum Gasteiger partial charge on any atom is -0.302 e. The lowest BCUT2D eigenvalue weighted by Crippen LogP contribution is -2.35. The molecule has 6 nitrogen and oxygen atoms in total. The average Bonchev–Trinajstić information content (AvgIpc) is 3.37. The van der Waals surface area contributed by atoms with Crippen molar-refractivity contribution in [1.29, 1.82) is 0 Å². The van der Waals surface area contributed by atoms with Crippen LogP contribution in [0.3, 0.4) is 0 Å². The third-order valence-electron chi connectivity index (χ3n) is 4.99. The molecular weight excluding hydrogens is 370 g/mol. The molecule has 1 fully saturated rings. The zero-order valence-corrected chi connectivity index (χ0v) is 16.4. The number of nitrogens with zero attached hydrogens (tertiary/aromatic N) is 2. The molecule has 26 heavy (non-hydrogen) atoms. The number of rotatable bonds is 4. The Kier molecular flexibility index (Phi) is 4.37. The highest BCUT2D eigenvalue weighted by molar-refractivity contribution is 7.89. The Morgan fingerprint density at radius 3 is 2.73 bits per heavy atom. The summed E-state index contributed by atoms with van der Waals surface area (Å²) in [4.78, 5) is 17.6. The number of benzene rings is 1. The van der Waals surface area contributed by atoms with E-state index in [-0.39, 0.29) is 11.8 Å². The Morgan fingerprint density at radius 1 is 1.27 bits per heavy atom. The number of nitrogens with one attached hydrogen (secondary N) is 1. The molecule has 0 atom stereocenters. The Hall–Kier alpha value is -1.77. The van der Waals surface area contributed by atoms with Gasteiger partial charge in [0.1, 0.15) is 0 Å². The van der Waals surface area contributed by atoms with E-state index in [4.69, 9.17) is 0 Å². The minimum absolute atomic E-state index is 0.0238. The predicted molar refractivity (Wildman–Crippen MR) is 101 cm³/mol. The normalized spacial score (nSPS) is 17.8. The van der Waals surface area contributed by atoms with Crippen molar-refractivity contribution in [2.24, 2.45) is 5.92 Å². The fourth-order valence-electron chi connectivity index (χ4n) is 3.01. The van der Waals surface area contributed by atoms with E-state index in [1.807, 2.05) is 19.9 Å². The van der Waals surface area contributed by atoms with Crippen LogP contribution in [-0.2, 0) is 27.8 Å². The van der Waals surface area contributed by atoms with Crippen LogP contribution in [0.25, 0.3) is 0 Å². The molecule has 0 unspecified atom stereocenters. The monoisotopic (exact) mass is 391 g/mol. The third kappa shape index (κ3) is 3.28. The third-order valence-corrected chi connectivity index (χ3v) is 7.83. The number of hydrogen-bond donors (Lipinski definition) is 1. The highest BCUT2D eigenvalue weighted by Gasteiger charge is 2.33. The molecule has 0 radical (unpaired) electrons. The van der Waals surface area contributed by atoms with Crippen LogP contribution in [0.1, 0.15) is 34.5 Å². The summed E-state index contributed by atoms with van der Waals surface area (Å²) in [6.07, 6.45) is 2.45. The second kappa shape index (κ2) is 6.44. The summed E-state index contributed by atoms with van der Waals surface area (Å²) in [7, 11) is -3.54. The largest absolute Gasteiger partial charge is 0.302 e. The van der Waals surface area contributed by atoms with Gasteiger partial charge in [-0.05, 0) is 49.9 Å². The zero-order chi connectivity index (χ0) is 18.5. The van der Waals surface area contributed by atoms with Crippen molar-refractivity contribution >= 4 is 32.4 Å². The number of carbonyl (C=O) groups is 1. The molecule has 2 aliphatic rings. The summed E-state index contributed by atoms with van der Waals surface area (Å²) in [5.74, 6) is 0.147. The molecule has 8 heteroatoms. The Balaban J connectivity index is 1.54. The molecule has 2 aromatic rings. The van der Waals surface area contributed by atoms with E-state index < -0.39 is 10.0 Å². The first-order valence-corrected chi connectivity index (χ1v) is 11.0. The highest BCUT2D eigenvalue weighted by Crippen LogP contribution is 2.34.